The molecule has 2 aromatic carbocycles. The average molecular weight is 377 g/mol. The van der Waals surface area contributed by atoms with Crippen molar-refractivity contribution < 1.29 is 8.42 Å². The van der Waals surface area contributed by atoms with E-state index in [4.69, 9.17) is 11.6 Å². The zero-order valence-electron chi connectivity index (χ0n) is 12.4. The van der Waals surface area contributed by atoms with Gasteiger partial charge in [0.25, 0.3) is 10.0 Å². The van der Waals surface area contributed by atoms with E-state index in [-0.39, 0.29) is 10.0 Å². The number of pyridine rings is 1. The van der Waals surface area contributed by atoms with Crippen LogP contribution in [-0.4, -0.2) is 13.4 Å². The number of halogens is 1. The van der Waals surface area contributed by atoms with Crippen LogP contribution in [0.2, 0.25) is 5.15 Å². The van der Waals surface area contributed by atoms with Gasteiger partial charge in [-0.25, -0.2) is 13.4 Å². The summed E-state index contributed by atoms with van der Waals surface area (Å²) in [6.07, 6.45) is 1.23. The van der Waals surface area contributed by atoms with E-state index in [1.807, 2.05) is 42.5 Å². The SMILES string of the molecule is O=S(=O)(Nc1ccccc1Sc1ccccc1)c1ccc(Cl)nc1. The second-order valence-electron chi connectivity index (χ2n) is 4.83. The molecule has 0 bridgehead atoms. The van der Waals surface area contributed by atoms with Gasteiger partial charge in [-0.2, -0.15) is 0 Å². The second kappa shape index (κ2) is 7.25. The highest BCUT2D eigenvalue weighted by Gasteiger charge is 2.16. The molecule has 0 amide bonds. The fraction of sp³-hybridized carbons (Fsp3) is 0. The van der Waals surface area contributed by atoms with Crippen molar-refractivity contribution in [3.63, 3.8) is 0 Å². The van der Waals surface area contributed by atoms with Crippen LogP contribution in [0.3, 0.4) is 0 Å². The fourth-order valence-corrected chi connectivity index (χ4v) is 4.10. The van der Waals surface area contributed by atoms with Crippen molar-refractivity contribution >= 4 is 39.1 Å². The first-order chi connectivity index (χ1) is 11.5. The highest BCUT2D eigenvalue weighted by atomic mass is 35.5. The molecule has 0 spiro atoms. The van der Waals surface area contributed by atoms with Crippen molar-refractivity contribution in [1.82, 2.24) is 4.98 Å². The lowest BCUT2D eigenvalue weighted by molar-refractivity contribution is 0.600. The monoisotopic (exact) mass is 376 g/mol. The molecule has 3 rings (SSSR count). The number of aromatic nitrogens is 1. The first kappa shape index (κ1) is 16.8. The lowest BCUT2D eigenvalue weighted by Crippen LogP contribution is -2.13. The van der Waals surface area contributed by atoms with Crippen LogP contribution in [0.15, 0.2) is 87.6 Å². The van der Waals surface area contributed by atoms with Gasteiger partial charge in [-0.1, -0.05) is 53.7 Å². The van der Waals surface area contributed by atoms with Crippen molar-refractivity contribution in [2.45, 2.75) is 14.7 Å². The number of rotatable bonds is 5. The maximum atomic E-state index is 12.5. The Bertz CT molecular complexity index is 930. The number of hydrogen-bond acceptors (Lipinski definition) is 4. The van der Waals surface area contributed by atoms with Gasteiger partial charge in [0.15, 0.2) is 0 Å². The molecule has 1 heterocycles. The molecule has 0 saturated heterocycles. The van der Waals surface area contributed by atoms with Crippen LogP contribution in [0, 0.1) is 0 Å². The largest absolute Gasteiger partial charge is 0.278 e. The summed E-state index contributed by atoms with van der Waals surface area (Å²) < 4.78 is 27.6. The molecule has 0 aliphatic carbocycles. The van der Waals surface area contributed by atoms with Crippen LogP contribution < -0.4 is 4.72 Å². The van der Waals surface area contributed by atoms with E-state index in [1.165, 1.54) is 30.1 Å². The number of sulfonamides is 1. The molecule has 4 nitrogen and oxygen atoms in total. The number of nitrogens with zero attached hydrogens (tertiary/aromatic N) is 1. The standard InChI is InChI=1S/C17H13ClN2O2S2/c18-17-11-10-14(12-19-17)24(21,22)20-15-8-4-5-9-16(15)23-13-6-2-1-3-7-13/h1-12,20H. The van der Waals surface area contributed by atoms with Crippen molar-refractivity contribution in [1.29, 1.82) is 0 Å². The summed E-state index contributed by atoms with van der Waals surface area (Å²) in [4.78, 5) is 5.72. The Morgan fingerprint density at radius 3 is 2.33 bits per heavy atom. The Hall–Kier alpha value is -2.02. The fourth-order valence-electron chi connectivity index (χ4n) is 1.98. The molecule has 0 atom stereocenters. The minimum Gasteiger partial charge on any atom is -0.278 e. The average Bonchev–Trinajstić information content (AvgIpc) is 2.58. The third-order valence-corrected chi connectivity index (χ3v) is 5.77. The van der Waals surface area contributed by atoms with E-state index in [0.717, 1.165) is 9.79 Å². The highest BCUT2D eigenvalue weighted by molar-refractivity contribution is 7.99. The third-order valence-electron chi connectivity index (χ3n) is 3.11. The lowest BCUT2D eigenvalue weighted by Gasteiger charge is -2.12. The van der Waals surface area contributed by atoms with Gasteiger partial charge in [-0.15, -0.1) is 0 Å². The molecule has 0 aliphatic rings. The van der Waals surface area contributed by atoms with Crippen LogP contribution in [-0.2, 0) is 10.0 Å². The maximum absolute atomic E-state index is 12.5. The summed E-state index contributed by atoms with van der Waals surface area (Å²) in [5, 5.41) is 0.244. The Balaban J connectivity index is 1.89. The Labute approximate surface area is 150 Å². The van der Waals surface area contributed by atoms with E-state index < -0.39 is 10.0 Å². The summed E-state index contributed by atoms with van der Waals surface area (Å²) in [5.41, 5.74) is 0.515. The van der Waals surface area contributed by atoms with Gasteiger partial charge in [0.05, 0.1) is 5.69 Å². The first-order valence-electron chi connectivity index (χ1n) is 7.01. The molecule has 0 fully saturated rings. The molecule has 3 aromatic rings. The number of hydrogen-bond donors (Lipinski definition) is 1. The number of anilines is 1. The molecular weight excluding hydrogens is 364 g/mol. The van der Waals surface area contributed by atoms with Crippen molar-refractivity contribution in [3.8, 4) is 0 Å². The molecule has 0 radical (unpaired) electrons. The Kier molecular flexibility index (Phi) is 5.08. The predicted octanol–water partition coefficient (Wildman–Crippen LogP) is 4.69. The van der Waals surface area contributed by atoms with Gasteiger partial charge >= 0.3 is 0 Å². The Morgan fingerprint density at radius 2 is 1.62 bits per heavy atom. The molecule has 0 saturated carbocycles. The van der Waals surface area contributed by atoms with Crippen LogP contribution >= 0.6 is 23.4 Å². The quantitative estimate of drug-likeness (QED) is 0.656. The summed E-state index contributed by atoms with van der Waals surface area (Å²) in [6, 6.07) is 19.9. The molecule has 0 unspecified atom stereocenters. The smallest absolute Gasteiger partial charge is 0.263 e. The van der Waals surface area contributed by atoms with Gasteiger partial charge in [0.2, 0.25) is 0 Å². The van der Waals surface area contributed by atoms with E-state index in [0.29, 0.717) is 5.69 Å². The van der Waals surface area contributed by atoms with Crippen molar-refractivity contribution in [2.24, 2.45) is 0 Å². The third kappa shape index (κ3) is 4.08. The van der Waals surface area contributed by atoms with E-state index in [1.54, 1.807) is 12.1 Å². The van der Waals surface area contributed by atoms with Crippen LogP contribution in [0.25, 0.3) is 0 Å². The van der Waals surface area contributed by atoms with Crippen molar-refractivity contribution in [2.75, 3.05) is 4.72 Å². The minimum atomic E-state index is -3.73. The normalized spacial score (nSPS) is 11.2. The number of para-hydroxylation sites is 1. The Morgan fingerprint density at radius 1 is 0.917 bits per heavy atom. The van der Waals surface area contributed by atoms with Gasteiger partial charge in [0, 0.05) is 16.0 Å². The van der Waals surface area contributed by atoms with Gasteiger partial charge in [-0.05, 0) is 36.4 Å². The zero-order valence-corrected chi connectivity index (χ0v) is 14.8. The summed E-state index contributed by atoms with van der Waals surface area (Å²) in [5.74, 6) is 0. The van der Waals surface area contributed by atoms with Crippen LogP contribution in [0.1, 0.15) is 0 Å². The zero-order chi connectivity index (χ0) is 17.0. The highest BCUT2D eigenvalue weighted by Crippen LogP contribution is 2.34. The summed E-state index contributed by atoms with van der Waals surface area (Å²) in [6.45, 7) is 0. The van der Waals surface area contributed by atoms with Gasteiger partial charge < -0.3 is 0 Å². The molecular formula is C17H13ClN2O2S2. The molecule has 122 valence electrons. The molecule has 1 aromatic heterocycles. The first-order valence-corrected chi connectivity index (χ1v) is 9.69. The summed E-state index contributed by atoms with van der Waals surface area (Å²) in [7, 11) is -3.73. The number of benzene rings is 2. The van der Waals surface area contributed by atoms with Gasteiger partial charge in [-0.3, -0.25) is 4.72 Å². The second-order valence-corrected chi connectivity index (χ2v) is 8.02. The van der Waals surface area contributed by atoms with Crippen molar-refractivity contribution in [3.05, 3.63) is 78.1 Å². The predicted molar refractivity (Wildman–Crippen MR) is 97.1 cm³/mol. The van der Waals surface area contributed by atoms with E-state index in [2.05, 4.69) is 9.71 Å². The molecule has 7 heteroatoms. The molecule has 0 aliphatic heterocycles. The maximum Gasteiger partial charge on any atom is 0.263 e. The topological polar surface area (TPSA) is 59.1 Å². The minimum absolute atomic E-state index is 0.0615. The lowest BCUT2D eigenvalue weighted by atomic mass is 10.3. The van der Waals surface area contributed by atoms with E-state index >= 15 is 0 Å². The van der Waals surface area contributed by atoms with Crippen LogP contribution in [0.4, 0.5) is 5.69 Å². The molecule has 1 N–H and O–H groups in total. The molecule has 24 heavy (non-hydrogen) atoms. The van der Waals surface area contributed by atoms with Gasteiger partial charge in [0.1, 0.15) is 10.0 Å². The number of nitrogens with one attached hydrogen (secondary N) is 1. The van der Waals surface area contributed by atoms with Crippen LogP contribution in [0.5, 0.6) is 0 Å². The summed E-state index contributed by atoms with van der Waals surface area (Å²) >= 11 is 7.20. The van der Waals surface area contributed by atoms with E-state index in [9.17, 15) is 8.42 Å².